The topological polar surface area (TPSA) is 51.0 Å². The van der Waals surface area contributed by atoms with E-state index in [-0.39, 0.29) is 0 Å². The summed E-state index contributed by atoms with van der Waals surface area (Å²) in [6, 6.07) is 8.27. The molecule has 0 aliphatic heterocycles. The molecule has 1 saturated carbocycles. The van der Waals surface area contributed by atoms with Crippen LogP contribution in [0.25, 0.3) is 10.9 Å². The van der Waals surface area contributed by atoms with E-state index in [9.17, 15) is 0 Å². The zero-order valence-electron chi connectivity index (χ0n) is 9.20. The summed E-state index contributed by atoms with van der Waals surface area (Å²) < 4.78 is 5.85. The van der Waals surface area contributed by atoms with Crippen molar-refractivity contribution in [3.8, 4) is 5.75 Å². The molecule has 1 heterocycles. The number of nitrogens with one attached hydrogen (secondary N) is 1. The molecule has 1 aromatic carbocycles. The zero-order chi connectivity index (χ0) is 11.0. The van der Waals surface area contributed by atoms with Crippen LogP contribution in [0.15, 0.2) is 24.3 Å². The summed E-state index contributed by atoms with van der Waals surface area (Å²) in [6.07, 6.45) is 4.11. The molecule has 1 aromatic heterocycles. The third-order valence-electron chi connectivity index (χ3n) is 3.22. The first-order chi connectivity index (χ1) is 7.85. The molecule has 0 radical (unpaired) electrons. The quantitative estimate of drug-likeness (QED) is 0.828. The van der Waals surface area contributed by atoms with E-state index >= 15 is 0 Å². The SMILES string of the molecule is NCc1cc2ccc(OC3CCC3)cc2[nH]1. The van der Waals surface area contributed by atoms with Crippen molar-refractivity contribution in [3.05, 3.63) is 30.0 Å². The van der Waals surface area contributed by atoms with Crippen LogP contribution in [0.4, 0.5) is 0 Å². The minimum Gasteiger partial charge on any atom is -0.490 e. The van der Waals surface area contributed by atoms with Gasteiger partial charge in [-0.05, 0) is 42.8 Å². The molecule has 16 heavy (non-hydrogen) atoms. The Kier molecular flexibility index (Phi) is 2.33. The molecule has 84 valence electrons. The van der Waals surface area contributed by atoms with E-state index < -0.39 is 0 Å². The van der Waals surface area contributed by atoms with Crippen LogP contribution in [0.1, 0.15) is 25.0 Å². The van der Waals surface area contributed by atoms with Crippen LogP contribution in [0.2, 0.25) is 0 Å². The molecule has 3 N–H and O–H groups in total. The number of fused-ring (bicyclic) bond motifs is 1. The summed E-state index contributed by atoms with van der Waals surface area (Å²) >= 11 is 0. The van der Waals surface area contributed by atoms with Crippen LogP contribution in [-0.2, 0) is 6.54 Å². The van der Waals surface area contributed by atoms with Crippen molar-refractivity contribution >= 4 is 10.9 Å². The molecule has 1 aliphatic carbocycles. The molecule has 2 aromatic rings. The number of rotatable bonds is 3. The molecule has 0 saturated heterocycles. The fourth-order valence-electron chi connectivity index (χ4n) is 2.03. The van der Waals surface area contributed by atoms with Gasteiger partial charge in [0.05, 0.1) is 6.10 Å². The van der Waals surface area contributed by atoms with Crippen LogP contribution in [0, 0.1) is 0 Å². The second-order valence-corrected chi connectivity index (χ2v) is 4.42. The highest BCUT2D eigenvalue weighted by molar-refractivity contribution is 5.81. The third kappa shape index (κ3) is 1.67. The minimum atomic E-state index is 0.432. The monoisotopic (exact) mass is 216 g/mol. The molecule has 0 atom stereocenters. The average Bonchev–Trinajstić information content (AvgIpc) is 2.65. The minimum absolute atomic E-state index is 0.432. The lowest BCUT2D eigenvalue weighted by Crippen LogP contribution is -2.24. The standard InChI is InChI=1S/C13H16N2O/c14-8-10-6-9-4-5-12(7-13(9)15-10)16-11-2-1-3-11/h4-7,11,15H,1-3,8,14H2. The van der Waals surface area contributed by atoms with Crippen LogP contribution in [-0.4, -0.2) is 11.1 Å². The van der Waals surface area contributed by atoms with E-state index in [0.717, 1.165) is 17.0 Å². The maximum absolute atomic E-state index is 5.85. The lowest BCUT2D eigenvalue weighted by molar-refractivity contribution is 0.120. The molecule has 0 amide bonds. The van der Waals surface area contributed by atoms with Crippen LogP contribution >= 0.6 is 0 Å². The van der Waals surface area contributed by atoms with E-state index in [1.165, 1.54) is 24.6 Å². The first-order valence-electron chi connectivity index (χ1n) is 5.83. The number of hydrogen-bond acceptors (Lipinski definition) is 2. The number of H-pyrrole nitrogens is 1. The van der Waals surface area contributed by atoms with Gasteiger partial charge in [-0.15, -0.1) is 0 Å². The van der Waals surface area contributed by atoms with Gasteiger partial charge in [-0.3, -0.25) is 0 Å². The Hall–Kier alpha value is -1.48. The van der Waals surface area contributed by atoms with E-state index in [4.69, 9.17) is 10.5 Å². The van der Waals surface area contributed by atoms with Gasteiger partial charge in [-0.1, -0.05) is 0 Å². The molecular weight excluding hydrogens is 200 g/mol. The van der Waals surface area contributed by atoms with Gasteiger partial charge < -0.3 is 15.5 Å². The van der Waals surface area contributed by atoms with Gasteiger partial charge >= 0.3 is 0 Å². The normalized spacial score (nSPS) is 16.3. The molecule has 1 aliphatic rings. The molecule has 0 bridgehead atoms. The average molecular weight is 216 g/mol. The van der Waals surface area contributed by atoms with Gasteiger partial charge in [0.1, 0.15) is 5.75 Å². The predicted octanol–water partition coefficient (Wildman–Crippen LogP) is 2.56. The summed E-state index contributed by atoms with van der Waals surface area (Å²) in [5.41, 5.74) is 7.77. The van der Waals surface area contributed by atoms with Crippen LogP contribution < -0.4 is 10.5 Å². The maximum Gasteiger partial charge on any atom is 0.121 e. The van der Waals surface area contributed by atoms with Crippen molar-refractivity contribution < 1.29 is 4.74 Å². The first kappa shape index (κ1) is 9.73. The number of nitrogens with two attached hydrogens (primary N) is 1. The second kappa shape index (κ2) is 3.83. The lowest BCUT2D eigenvalue weighted by atomic mass is 9.96. The molecule has 0 unspecified atom stereocenters. The van der Waals surface area contributed by atoms with Crippen molar-refractivity contribution in [2.75, 3.05) is 0 Å². The fraction of sp³-hybridized carbons (Fsp3) is 0.385. The Labute approximate surface area is 94.6 Å². The molecule has 3 rings (SSSR count). The van der Waals surface area contributed by atoms with E-state index in [2.05, 4.69) is 23.2 Å². The van der Waals surface area contributed by atoms with Crippen molar-refractivity contribution in [1.29, 1.82) is 0 Å². The Bertz CT molecular complexity index is 500. The summed E-state index contributed by atoms with van der Waals surface area (Å²) in [5.74, 6) is 0.961. The van der Waals surface area contributed by atoms with Gasteiger partial charge in [0.15, 0.2) is 0 Å². The molecule has 3 nitrogen and oxygen atoms in total. The third-order valence-corrected chi connectivity index (χ3v) is 3.22. The van der Waals surface area contributed by atoms with Crippen molar-refractivity contribution in [1.82, 2.24) is 4.98 Å². The lowest BCUT2D eigenvalue weighted by Gasteiger charge is -2.26. The smallest absolute Gasteiger partial charge is 0.121 e. The van der Waals surface area contributed by atoms with Crippen molar-refractivity contribution in [2.45, 2.75) is 31.9 Å². The maximum atomic E-state index is 5.85. The Morgan fingerprint density at radius 1 is 1.31 bits per heavy atom. The molecule has 0 spiro atoms. The van der Waals surface area contributed by atoms with Crippen LogP contribution in [0.3, 0.4) is 0 Å². The van der Waals surface area contributed by atoms with Crippen molar-refractivity contribution in [3.63, 3.8) is 0 Å². The molecular formula is C13H16N2O. The highest BCUT2D eigenvalue weighted by Crippen LogP contribution is 2.27. The zero-order valence-corrected chi connectivity index (χ0v) is 9.20. The fourth-order valence-corrected chi connectivity index (χ4v) is 2.03. The van der Waals surface area contributed by atoms with E-state index in [1.807, 2.05) is 6.07 Å². The highest BCUT2D eigenvalue weighted by atomic mass is 16.5. The summed E-state index contributed by atoms with van der Waals surface area (Å²) in [4.78, 5) is 3.29. The van der Waals surface area contributed by atoms with Gasteiger partial charge in [0, 0.05) is 23.8 Å². The van der Waals surface area contributed by atoms with Crippen molar-refractivity contribution in [2.24, 2.45) is 5.73 Å². The van der Waals surface area contributed by atoms with Gasteiger partial charge in [-0.25, -0.2) is 0 Å². The molecule has 3 heteroatoms. The number of ether oxygens (including phenoxy) is 1. The number of hydrogen-bond donors (Lipinski definition) is 2. The number of aromatic amines is 1. The Morgan fingerprint density at radius 3 is 2.88 bits per heavy atom. The van der Waals surface area contributed by atoms with Crippen LogP contribution in [0.5, 0.6) is 5.75 Å². The first-order valence-corrected chi connectivity index (χ1v) is 5.83. The summed E-state index contributed by atoms with van der Waals surface area (Å²) in [6.45, 7) is 0.549. The second-order valence-electron chi connectivity index (χ2n) is 4.42. The number of benzene rings is 1. The van der Waals surface area contributed by atoms with E-state index in [1.54, 1.807) is 0 Å². The Balaban J connectivity index is 1.88. The van der Waals surface area contributed by atoms with Gasteiger partial charge in [-0.2, -0.15) is 0 Å². The highest BCUT2D eigenvalue weighted by Gasteiger charge is 2.19. The van der Waals surface area contributed by atoms with Gasteiger partial charge in [0.2, 0.25) is 0 Å². The number of aromatic nitrogens is 1. The van der Waals surface area contributed by atoms with E-state index in [0.29, 0.717) is 12.6 Å². The predicted molar refractivity (Wildman–Crippen MR) is 64.5 cm³/mol. The summed E-state index contributed by atoms with van der Waals surface area (Å²) in [5, 5.41) is 1.20. The Morgan fingerprint density at radius 2 is 2.19 bits per heavy atom. The molecule has 1 fully saturated rings. The van der Waals surface area contributed by atoms with Gasteiger partial charge in [0.25, 0.3) is 0 Å². The largest absolute Gasteiger partial charge is 0.490 e. The summed E-state index contributed by atoms with van der Waals surface area (Å²) in [7, 11) is 0.